The van der Waals surface area contributed by atoms with Crippen molar-refractivity contribution in [2.24, 2.45) is 0 Å². The van der Waals surface area contributed by atoms with Crippen molar-refractivity contribution in [3.05, 3.63) is 53.6 Å². The van der Waals surface area contributed by atoms with Crippen molar-refractivity contribution in [3.63, 3.8) is 0 Å². The van der Waals surface area contributed by atoms with E-state index in [1.807, 2.05) is 44.2 Å². The molecule has 2 aromatic rings. The SMILES string of the molecule is COc1ccc(S[C@H](C)C(=O)N[C@@H](C)c2ccc(C)cc2)cc1OC. The summed E-state index contributed by atoms with van der Waals surface area (Å²) < 4.78 is 10.6. The number of methoxy groups -OCH3 is 2. The van der Waals surface area contributed by atoms with Gasteiger partial charge in [-0.3, -0.25) is 4.79 Å². The van der Waals surface area contributed by atoms with Crippen LogP contribution in [0.25, 0.3) is 0 Å². The van der Waals surface area contributed by atoms with Crippen molar-refractivity contribution in [1.82, 2.24) is 5.32 Å². The molecule has 4 nitrogen and oxygen atoms in total. The van der Waals surface area contributed by atoms with Gasteiger partial charge in [-0.05, 0) is 44.5 Å². The number of nitrogens with one attached hydrogen (secondary N) is 1. The predicted molar refractivity (Wildman–Crippen MR) is 103 cm³/mol. The number of rotatable bonds is 7. The molecule has 0 saturated carbocycles. The molecular formula is C20H25NO3S. The first-order valence-corrected chi connectivity index (χ1v) is 9.08. The molecule has 2 aromatic carbocycles. The van der Waals surface area contributed by atoms with E-state index in [2.05, 4.69) is 24.4 Å². The Morgan fingerprint density at radius 3 is 2.24 bits per heavy atom. The molecule has 5 heteroatoms. The Kier molecular flexibility index (Phi) is 6.76. The van der Waals surface area contributed by atoms with Gasteiger partial charge in [0.25, 0.3) is 0 Å². The van der Waals surface area contributed by atoms with Gasteiger partial charge >= 0.3 is 0 Å². The molecule has 0 unspecified atom stereocenters. The summed E-state index contributed by atoms with van der Waals surface area (Å²) in [5.74, 6) is 1.35. The van der Waals surface area contributed by atoms with Crippen LogP contribution in [0.5, 0.6) is 11.5 Å². The maximum atomic E-state index is 12.5. The number of aryl methyl sites for hydroxylation is 1. The van der Waals surface area contributed by atoms with E-state index < -0.39 is 0 Å². The molecule has 0 saturated heterocycles. The molecule has 0 fully saturated rings. The Morgan fingerprint density at radius 1 is 1.00 bits per heavy atom. The van der Waals surface area contributed by atoms with Crippen LogP contribution in [0.3, 0.4) is 0 Å². The third-order valence-corrected chi connectivity index (χ3v) is 5.07. The molecule has 0 spiro atoms. The minimum absolute atomic E-state index is 0.00728. The summed E-state index contributed by atoms with van der Waals surface area (Å²) in [6.45, 7) is 5.95. The van der Waals surface area contributed by atoms with E-state index >= 15 is 0 Å². The minimum Gasteiger partial charge on any atom is -0.493 e. The average molecular weight is 359 g/mol. The van der Waals surface area contributed by atoms with Gasteiger partial charge in [0.05, 0.1) is 25.5 Å². The molecule has 1 N–H and O–H groups in total. The third kappa shape index (κ3) is 5.16. The lowest BCUT2D eigenvalue weighted by molar-refractivity contribution is -0.120. The standard InChI is InChI=1S/C20H25NO3S/c1-13-6-8-16(9-7-13)14(2)21-20(22)15(3)25-17-10-11-18(23-4)19(12-17)24-5/h6-12,14-15H,1-5H3,(H,21,22)/t14-,15+/m0/s1. The molecule has 2 rings (SSSR count). The summed E-state index contributed by atoms with van der Waals surface area (Å²) in [5, 5.41) is 2.85. The molecule has 0 heterocycles. The van der Waals surface area contributed by atoms with Gasteiger partial charge < -0.3 is 14.8 Å². The number of hydrogen-bond donors (Lipinski definition) is 1. The highest BCUT2D eigenvalue weighted by molar-refractivity contribution is 8.00. The van der Waals surface area contributed by atoms with E-state index in [1.165, 1.54) is 17.3 Å². The lowest BCUT2D eigenvalue weighted by Gasteiger charge is -2.18. The van der Waals surface area contributed by atoms with E-state index in [9.17, 15) is 4.79 Å². The predicted octanol–water partition coefficient (Wildman–Crippen LogP) is 4.37. The van der Waals surface area contributed by atoms with Crippen LogP contribution in [0.15, 0.2) is 47.4 Å². The zero-order chi connectivity index (χ0) is 18.4. The van der Waals surface area contributed by atoms with Crippen LogP contribution in [0.4, 0.5) is 0 Å². The zero-order valence-electron chi connectivity index (χ0n) is 15.3. The Balaban J connectivity index is 1.99. The maximum Gasteiger partial charge on any atom is 0.233 e. The summed E-state index contributed by atoms with van der Waals surface area (Å²) in [4.78, 5) is 13.4. The number of benzene rings is 2. The Labute approximate surface area is 153 Å². The van der Waals surface area contributed by atoms with Crippen molar-refractivity contribution in [3.8, 4) is 11.5 Å². The van der Waals surface area contributed by atoms with Gasteiger partial charge in [0.2, 0.25) is 5.91 Å². The van der Waals surface area contributed by atoms with E-state index in [0.29, 0.717) is 11.5 Å². The van der Waals surface area contributed by atoms with Crippen LogP contribution in [0, 0.1) is 6.92 Å². The highest BCUT2D eigenvalue weighted by atomic mass is 32.2. The van der Waals surface area contributed by atoms with Gasteiger partial charge in [-0.2, -0.15) is 0 Å². The monoisotopic (exact) mass is 359 g/mol. The first-order valence-electron chi connectivity index (χ1n) is 8.20. The summed E-state index contributed by atoms with van der Waals surface area (Å²) in [6, 6.07) is 13.8. The van der Waals surface area contributed by atoms with Gasteiger partial charge in [0, 0.05) is 4.90 Å². The van der Waals surface area contributed by atoms with Gasteiger partial charge in [-0.15, -0.1) is 11.8 Å². The largest absolute Gasteiger partial charge is 0.493 e. The quantitative estimate of drug-likeness (QED) is 0.746. The minimum atomic E-state index is -0.217. The second kappa shape index (κ2) is 8.81. The van der Waals surface area contributed by atoms with Crippen LogP contribution in [0.2, 0.25) is 0 Å². The molecule has 25 heavy (non-hydrogen) atoms. The van der Waals surface area contributed by atoms with Crippen molar-refractivity contribution >= 4 is 17.7 Å². The number of amides is 1. The highest BCUT2D eigenvalue weighted by Crippen LogP contribution is 2.33. The normalized spacial score (nSPS) is 13.0. The lowest BCUT2D eigenvalue weighted by Crippen LogP contribution is -2.33. The van der Waals surface area contributed by atoms with Gasteiger partial charge in [0.15, 0.2) is 11.5 Å². The summed E-state index contributed by atoms with van der Waals surface area (Å²) >= 11 is 1.49. The number of ether oxygens (including phenoxy) is 2. The third-order valence-electron chi connectivity index (χ3n) is 3.97. The fraction of sp³-hybridized carbons (Fsp3) is 0.350. The molecule has 0 bridgehead atoms. The molecule has 0 aliphatic heterocycles. The second-order valence-corrected chi connectivity index (χ2v) is 7.33. The van der Waals surface area contributed by atoms with E-state index in [0.717, 1.165) is 10.5 Å². The van der Waals surface area contributed by atoms with Crippen molar-refractivity contribution in [2.75, 3.05) is 14.2 Å². The van der Waals surface area contributed by atoms with Crippen molar-refractivity contribution in [2.45, 2.75) is 37.0 Å². The molecule has 0 radical (unpaired) electrons. The molecule has 0 aliphatic carbocycles. The molecule has 134 valence electrons. The van der Waals surface area contributed by atoms with Crippen molar-refractivity contribution in [1.29, 1.82) is 0 Å². The van der Waals surface area contributed by atoms with Gasteiger partial charge in [-0.1, -0.05) is 29.8 Å². The zero-order valence-corrected chi connectivity index (χ0v) is 16.1. The molecule has 0 aliphatic rings. The average Bonchev–Trinajstić information content (AvgIpc) is 2.61. The Morgan fingerprint density at radius 2 is 1.64 bits per heavy atom. The van der Waals surface area contributed by atoms with E-state index in [4.69, 9.17) is 9.47 Å². The number of thioether (sulfide) groups is 1. The molecule has 0 aromatic heterocycles. The van der Waals surface area contributed by atoms with Gasteiger partial charge in [0.1, 0.15) is 0 Å². The fourth-order valence-corrected chi connectivity index (χ4v) is 3.32. The van der Waals surface area contributed by atoms with E-state index in [-0.39, 0.29) is 17.2 Å². The number of carbonyl (C=O) groups is 1. The molecular weight excluding hydrogens is 334 g/mol. The Hall–Kier alpha value is -2.14. The maximum absolute atomic E-state index is 12.5. The van der Waals surface area contributed by atoms with Crippen LogP contribution in [0.1, 0.15) is 31.0 Å². The van der Waals surface area contributed by atoms with Crippen LogP contribution in [-0.2, 0) is 4.79 Å². The smallest absolute Gasteiger partial charge is 0.233 e. The molecule has 1 amide bonds. The highest BCUT2D eigenvalue weighted by Gasteiger charge is 2.18. The van der Waals surface area contributed by atoms with Gasteiger partial charge in [-0.25, -0.2) is 0 Å². The second-order valence-electron chi connectivity index (χ2n) is 5.92. The van der Waals surface area contributed by atoms with E-state index in [1.54, 1.807) is 14.2 Å². The van der Waals surface area contributed by atoms with Crippen LogP contribution >= 0.6 is 11.8 Å². The first kappa shape index (κ1) is 19.2. The summed E-state index contributed by atoms with van der Waals surface area (Å²) in [5.41, 5.74) is 2.31. The number of hydrogen-bond acceptors (Lipinski definition) is 4. The summed E-state index contributed by atoms with van der Waals surface area (Å²) in [6.07, 6.45) is 0. The van der Waals surface area contributed by atoms with Crippen LogP contribution < -0.4 is 14.8 Å². The summed E-state index contributed by atoms with van der Waals surface area (Å²) in [7, 11) is 3.21. The Bertz CT molecular complexity index is 715. The van der Waals surface area contributed by atoms with Crippen molar-refractivity contribution < 1.29 is 14.3 Å². The fourth-order valence-electron chi connectivity index (χ4n) is 2.42. The molecule has 2 atom stereocenters. The lowest BCUT2D eigenvalue weighted by atomic mass is 10.1. The number of carbonyl (C=O) groups excluding carboxylic acids is 1. The van der Waals surface area contributed by atoms with Crippen LogP contribution in [-0.4, -0.2) is 25.4 Å². The first-order chi connectivity index (χ1) is 11.9. The topological polar surface area (TPSA) is 47.6 Å².